The Bertz CT molecular complexity index is 331. The van der Waals surface area contributed by atoms with E-state index in [2.05, 4.69) is 11.9 Å². The van der Waals surface area contributed by atoms with Crippen molar-refractivity contribution < 1.29 is 4.74 Å². The lowest BCUT2D eigenvalue weighted by molar-refractivity contribution is 0.180. The Morgan fingerprint density at radius 1 is 1.50 bits per heavy atom. The van der Waals surface area contributed by atoms with Crippen molar-refractivity contribution in [3.63, 3.8) is 0 Å². The maximum absolute atomic E-state index is 6.14. The number of nitrogens with two attached hydrogens (primary N) is 1. The third kappa shape index (κ3) is 3.73. The Morgan fingerprint density at radius 3 is 2.69 bits per heavy atom. The largest absolute Gasteiger partial charge is 0.378 e. The van der Waals surface area contributed by atoms with Crippen LogP contribution in [0.2, 0.25) is 0 Å². The van der Waals surface area contributed by atoms with Gasteiger partial charge in [0.25, 0.3) is 0 Å². The fraction of sp³-hybridized carbons (Fsp3) is 0.727. The zero-order chi connectivity index (χ0) is 12.2. The lowest BCUT2D eigenvalue weighted by atomic mass is 10.0. The summed E-state index contributed by atoms with van der Waals surface area (Å²) in [5.41, 5.74) is 6.80. The van der Waals surface area contributed by atoms with Crippen LogP contribution in [-0.4, -0.2) is 17.8 Å². The summed E-state index contributed by atoms with van der Waals surface area (Å²) >= 11 is 3.59. The average Bonchev–Trinajstić information content (AvgIpc) is 2.58. The van der Waals surface area contributed by atoms with E-state index in [4.69, 9.17) is 10.5 Å². The Labute approximate surface area is 106 Å². The quantitative estimate of drug-likeness (QED) is 0.854. The minimum absolute atomic E-state index is 0.333. The highest BCUT2D eigenvalue weighted by molar-refractivity contribution is 7.98. The number of thioether (sulfide) groups is 1. The molecular weight excluding hydrogens is 240 g/mol. The molecule has 0 saturated heterocycles. The first-order valence-corrected chi connectivity index (χ1v) is 7.30. The minimum atomic E-state index is -0.333. The Morgan fingerprint density at radius 2 is 2.19 bits per heavy atom. The van der Waals surface area contributed by atoms with Gasteiger partial charge in [-0.2, -0.15) is 11.8 Å². The van der Waals surface area contributed by atoms with Gasteiger partial charge >= 0.3 is 0 Å². The molecular formula is C11H20N2OS2. The normalized spacial score (nSPS) is 12.1. The van der Waals surface area contributed by atoms with E-state index in [0.29, 0.717) is 6.61 Å². The van der Waals surface area contributed by atoms with Crippen molar-refractivity contribution >= 4 is 23.1 Å². The van der Waals surface area contributed by atoms with E-state index < -0.39 is 0 Å². The van der Waals surface area contributed by atoms with Gasteiger partial charge in [0.2, 0.25) is 0 Å². The van der Waals surface area contributed by atoms with Gasteiger partial charge in [-0.1, -0.05) is 6.92 Å². The van der Waals surface area contributed by atoms with Crippen molar-refractivity contribution in [2.45, 2.75) is 38.7 Å². The third-order valence-electron chi connectivity index (χ3n) is 2.04. The third-order valence-corrected chi connectivity index (χ3v) is 4.54. The highest BCUT2D eigenvalue weighted by Crippen LogP contribution is 2.30. The number of thiazole rings is 1. The van der Waals surface area contributed by atoms with Crippen molar-refractivity contribution in [3.05, 3.63) is 15.6 Å². The molecule has 2 N–H and O–H groups in total. The number of hydrogen-bond acceptors (Lipinski definition) is 5. The van der Waals surface area contributed by atoms with Crippen LogP contribution in [-0.2, 0) is 22.6 Å². The molecule has 0 unspecified atom stereocenters. The molecule has 0 atom stereocenters. The van der Waals surface area contributed by atoms with Crippen molar-refractivity contribution in [3.8, 4) is 0 Å². The summed E-state index contributed by atoms with van der Waals surface area (Å²) in [6.45, 7) is 6.72. The molecule has 5 heteroatoms. The second-order valence-corrected chi connectivity index (χ2v) is 6.53. The summed E-state index contributed by atoms with van der Waals surface area (Å²) in [7, 11) is 1.69. The van der Waals surface area contributed by atoms with Gasteiger partial charge in [0.05, 0.1) is 12.3 Å². The van der Waals surface area contributed by atoms with Crippen LogP contribution in [0.4, 0.5) is 0 Å². The summed E-state index contributed by atoms with van der Waals surface area (Å²) in [5.74, 6) is 2.08. The molecule has 3 nitrogen and oxygen atoms in total. The monoisotopic (exact) mass is 260 g/mol. The molecule has 1 aromatic rings. The van der Waals surface area contributed by atoms with Gasteiger partial charge in [-0.05, 0) is 19.6 Å². The lowest BCUT2D eigenvalue weighted by Crippen LogP contribution is -2.28. The molecule has 1 rings (SSSR count). The lowest BCUT2D eigenvalue weighted by Gasteiger charge is -2.17. The zero-order valence-electron chi connectivity index (χ0n) is 10.4. The van der Waals surface area contributed by atoms with E-state index in [0.717, 1.165) is 27.1 Å². The highest BCUT2D eigenvalue weighted by atomic mass is 32.2. The molecule has 0 radical (unpaired) electrons. The minimum Gasteiger partial charge on any atom is -0.378 e. The SMILES string of the molecule is CCSCc1nc(COC)c(C(C)(C)N)s1. The molecule has 0 bridgehead atoms. The van der Waals surface area contributed by atoms with E-state index in [9.17, 15) is 0 Å². The summed E-state index contributed by atoms with van der Waals surface area (Å²) in [5, 5.41) is 1.15. The highest BCUT2D eigenvalue weighted by Gasteiger charge is 2.23. The molecule has 0 saturated carbocycles. The first-order valence-electron chi connectivity index (χ1n) is 5.33. The van der Waals surface area contributed by atoms with Crippen LogP contribution in [0.25, 0.3) is 0 Å². The van der Waals surface area contributed by atoms with Crippen molar-refractivity contribution in [1.82, 2.24) is 4.98 Å². The number of methoxy groups -OCH3 is 1. The summed E-state index contributed by atoms with van der Waals surface area (Å²) in [6.07, 6.45) is 0. The Kier molecular flexibility index (Phi) is 5.24. The fourth-order valence-corrected chi connectivity index (χ4v) is 3.20. The molecule has 0 aromatic carbocycles. The predicted octanol–water partition coefficient (Wildman–Crippen LogP) is 2.74. The first-order chi connectivity index (χ1) is 7.49. The number of rotatable bonds is 6. The van der Waals surface area contributed by atoms with Crippen molar-refractivity contribution in [2.75, 3.05) is 12.9 Å². The predicted molar refractivity (Wildman–Crippen MR) is 71.9 cm³/mol. The van der Waals surface area contributed by atoms with E-state index in [1.807, 2.05) is 25.6 Å². The van der Waals surface area contributed by atoms with Crippen LogP contribution in [0.5, 0.6) is 0 Å². The zero-order valence-corrected chi connectivity index (χ0v) is 12.0. The van der Waals surface area contributed by atoms with Gasteiger partial charge < -0.3 is 10.5 Å². The number of ether oxygens (including phenoxy) is 1. The van der Waals surface area contributed by atoms with Gasteiger partial charge in [0.15, 0.2) is 0 Å². The van der Waals surface area contributed by atoms with Gasteiger partial charge in [-0.3, -0.25) is 0 Å². The van der Waals surface area contributed by atoms with Gasteiger partial charge in [-0.25, -0.2) is 4.98 Å². The maximum Gasteiger partial charge on any atom is 0.103 e. The van der Waals surface area contributed by atoms with Crippen LogP contribution in [0.15, 0.2) is 0 Å². The van der Waals surface area contributed by atoms with E-state index >= 15 is 0 Å². The van der Waals surface area contributed by atoms with Crippen LogP contribution >= 0.6 is 23.1 Å². The molecule has 0 aliphatic heterocycles. The molecule has 0 spiro atoms. The number of aromatic nitrogens is 1. The number of hydrogen-bond donors (Lipinski definition) is 1. The van der Waals surface area contributed by atoms with Crippen molar-refractivity contribution in [1.29, 1.82) is 0 Å². The van der Waals surface area contributed by atoms with Gasteiger partial charge in [-0.15, -0.1) is 11.3 Å². The standard InChI is InChI=1S/C11H20N2OS2/c1-5-15-7-9-13-8(6-14-4)10(16-9)11(2,3)12/h5-7,12H2,1-4H3. The first kappa shape index (κ1) is 14.0. The molecule has 0 aliphatic carbocycles. The van der Waals surface area contributed by atoms with Gasteiger partial charge in [0.1, 0.15) is 5.01 Å². The van der Waals surface area contributed by atoms with Crippen LogP contribution in [0.1, 0.15) is 36.3 Å². The van der Waals surface area contributed by atoms with Crippen molar-refractivity contribution in [2.24, 2.45) is 5.73 Å². The van der Waals surface area contributed by atoms with E-state index in [-0.39, 0.29) is 5.54 Å². The molecule has 1 heterocycles. The molecule has 1 aromatic heterocycles. The average molecular weight is 260 g/mol. The molecule has 0 amide bonds. The molecule has 16 heavy (non-hydrogen) atoms. The second kappa shape index (κ2) is 6.00. The van der Waals surface area contributed by atoms with E-state index in [1.54, 1.807) is 18.4 Å². The molecule has 0 fully saturated rings. The van der Waals surface area contributed by atoms with E-state index in [1.165, 1.54) is 0 Å². The summed E-state index contributed by atoms with van der Waals surface area (Å²) in [4.78, 5) is 5.74. The summed E-state index contributed by atoms with van der Waals surface area (Å²) < 4.78 is 5.16. The molecule has 0 aliphatic rings. The fourth-order valence-electron chi connectivity index (χ4n) is 1.39. The molecule has 92 valence electrons. The Hall–Kier alpha value is -0.100. The summed E-state index contributed by atoms with van der Waals surface area (Å²) in [6, 6.07) is 0. The number of nitrogens with zero attached hydrogens (tertiary/aromatic N) is 1. The van der Waals surface area contributed by atoms with Crippen LogP contribution < -0.4 is 5.73 Å². The van der Waals surface area contributed by atoms with Crippen LogP contribution in [0.3, 0.4) is 0 Å². The maximum atomic E-state index is 6.14. The van der Waals surface area contributed by atoms with Crippen LogP contribution in [0, 0.1) is 0 Å². The smallest absolute Gasteiger partial charge is 0.103 e. The van der Waals surface area contributed by atoms with Gasteiger partial charge in [0, 0.05) is 23.3 Å². The topological polar surface area (TPSA) is 48.1 Å². The Balaban J connectivity index is 2.91. The second-order valence-electron chi connectivity index (χ2n) is 4.18.